The molecule has 0 aromatic heterocycles. The standard InChI is InChI=1S/C13H17F2N3O/c1-17-6-8-4-10(14)12(11(15)5-8)18-3-2-9(7-18)13(16)19/h4-5,9,17H,2-3,6-7H2,1H3,(H2,16,19). The summed E-state index contributed by atoms with van der Waals surface area (Å²) in [6.45, 7) is 1.11. The predicted molar refractivity (Wildman–Crippen MR) is 68.6 cm³/mol. The van der Waals surface area contributed by atoms with Crippen LogP contribution in [0.25, 0.3) is 0 Å². The summed E-state index contributed by atoms with van der Waals surface area (Å²) in [6.07, 6.45) is 0.534. The number of hydrogen-bond acceptors (Lipinski definition) is 3. The van der Waals surface area contributed by atoms with Crippen LogP contribution in [0.4, 0.5) is 14.5 Å². The molecule has 1 saturated heterocycles. The molecule has 0 spiro atoms. The maximum absolute atomic E-state index is 14.0. The minimum atomic E-state index is -0.602. The van der Waals surface area contributed by atoms with E-state index < -0.39 is 17.5 Å². The van der Waals surface area contributed by atoms with Gasteiger partial charge in [-0.25, -0.2) is 8.78 Å². The molecule has 1 fully saturated rings. The molecule has 4 nitrogen and oxygen atoms in total. The highest BCUT2D eigenvalue weighted by atomic mass is 19.1. The first-order valence-electron chi connectivity index (χ1n) is 6.19. The fourth-order valence-electron chi connectivity index (χ4n) is 2.42. The van der Waals surface area contributed by atoms with Gasteiger partial charge < -0.3 is 16.0 Å². The van der Waals surface area contributed by atoms with Crippen LogP contribution in [-0.4, -0.2) is 26.0 Å². The first-order chi connectivity index (χ1) is 9.02. The monoisotopic (exact) mass is 269 g/mol. The van der Waals surface area contributed by atoms with Crippen LogP contribution >= 0.6 is 0 Å². The van der Waals surface area contributed by atoms with Crippen LogP contribution in [0.5, 0.6) is 0 Å². The number of amides is 1. The summed E-state index contributed by atoms with van der Waals surface area (Å²) in [5.74, 6) is -1.96. The highest BCUT2D eigenvalue weighted by Crippen LogP contribution is 2.29. The summed E-state index contributed by atoms with van der Waals surface area (Å²) in [5, 5.41) is 2.84. The Kier molecular flexibility index (Phi) is 3.99. The molecule has 0 saturated carbocycles. The topological polar surface area (TPSA) is 58.4 Å². The molecule has 1 heterocycles. The average molecular weight is 269 g/mol. The number of primary amides is 1. The van der Waals surface area contributed by atoms with Crippen molar-refractivity contribution in [1.29, 1.82) is 0 Å². The Morgan fingerprint density at radius 3 is 2.58 bits per heavy atom. The molecule has 1 unspecified atom stereocenters. The Balaban J connectivity index is 2.24. The molecule has 3 N–H and O–H groups in total. The molecule has 1 amide bonds. The van der Waals surface area contributed by atoms with E-state index in [1.54, 1.807) is 11.9 Å². The minimum absolute atomic E-state index is 0.0661. The smallest absolute Gasteiger partial charge is 0.222 e. The van der Waals surface area contributed by atoms with E-state index in [0.29, 0.717) is 25.1 Å². The third kappa shape index (κ3) is 2.84. The van der Waals surface area contributed by atoms with Gasteiger partial charge in [-0.3, -0.25) is 4.79 Å². The second-order valence-electron chi connectivity index (χ2n) is 4.77. The van der Waals surface area contributed by atoms with Gasteiger partial charge >= 0.3 is 0 Å². The number of anilines is 1. The molecule has 1 aliphatic rings. The van der Waals surface area contributed by atoms with Crippen molar-refractivity contribution in [3.05, 3.63) is 29.3 Å². The van der Waals surface area contributed by atoms with Crippen LogP contribution in [0.3, 0.4) is 0 Å². The van der Waals surface area contributed by atoms with Gasteiger partial charge in [-0.1, -0.05) is 0 Å². The zero-order valence-electron chi connectivity index (χ0n) is 10.7. The molecular weight excluding hydrogens is 252 g/mol. The molecular formula is C13H17F2N3O. The van der Waals surface area contributed by atoms with E-state index in [9.17, 15) is 13.6 Å². The largest absolute Gasteiger partial charge is 0.369 e. The fourth-order valence-corrected chi connectivity index (χ4v) is 2.42. The molecule has 6 heteroatoms. The molecule has 0 radical (unpaired) electrons. The second-order valence-corrected chi connectivity index (χ2v) is 4.77. The Morgan fingerprint density at radius 2 is 2.11 bits per heavy atom. The number of rotatable bonds is 4. The summed E-state index contributed by atoms with van der Waals surface area (Å²) in [4.78, 5) is 12.6. The maximum atomic E-state index is 14.0. The van der Waals surface area contributed by atoms with Crippen LogP contribution in [0.2, 0.25) is 0 Å². The number of halogens is 2. The number of carbonyl (C=O) groups is 1. The summed E-state index contributed by atoms with van der Waals surface area (Å²) < 4.78 is 28.0. The average Bonchev–Trinajstić information content (AvgIpc) is 2.78. The van der Waals surface area contributed by atoms with Crippen molar-refractivity contribution in [3.8, 4) is 0 Å². The number of benzene rings is 1. The van der Waals surface area contributed by atoms with Crippen molar-refractivity contribution in [2.75, 3.05) is 25.0 Å². The predicted octanol–water partition coefficient (Wildman–Crippen LogP) is 0.996. The van der Waals surface area contributed by atoms with E-state index in [1.807, 2.05) is 0 Å². The van der Waals surface area contributed by atoms with Crippen LogP contribution in [-0.2, 0) is 11.3 Å². The lowest BCUT2D eigenvalue weighted by Gasteiger charge is -2.20. The molecule has 104 valence electrons. The molecule has 19 heavy (non-hydrogen) atoms. The highest BCUT2D eigenvalue weighted by molar-refractivity contribution is 5.78. The van der Waals surface area contributed by atoms with Gasteiger partial charge in [0.1, 0.15) is 17.3 Å². The van der Waals surface area contributed by atoms with E-state index in [1.165, 1.54) is 12.1 Å². The van der Waals surface area contributed by atoms with Gasteiger partial charge in [0.25, 0.3) is 0 Å². The zero-order chi connectivity index (χ0) is 14.0. The molecule has 1 aliphatic heterocycles. The van der Waals surface area contributed by atoms with Crippen molar-refractivity contribution < 1.29 is 13.6 Å². The molecule has 1 aromatic carbocycles. The first-order valence-corrected chi connectivity index (χ1v) is 6.19. The normalized spacial score (nSPS) is 18.9. The fraction of sp³-hybridized carbons (Fsp3) is 0.462. The van der Waals surface area contributed by atoms with Crippen molar-refractivity contribution in [2.24, 2.45) is 11.7 Å². The molecule has 0 bridgehead atoms. The van der Waals surface area contributed by atoms with E-state index in [2.05, 4.69) is 5.32 Å². The lowest BCUT2D eigenvalue weighted by molar-refractivity contribution is -0.121. The van der Waals surface area contributed by atoms with Gasteiger partial charge in [0.2, 0.25) is 5.91 Å². The van der Waals surface area contributed by atoms with E-state index >= 15 is 0 Å². The van der Waals surface area contributed by atoms with Gasteiger partial charge in [0.05, 0.1) is 5.92 Å². The summed E-state index contributed by atoms with van der Waals surface area (Å²) in [7, 11) is 1.71. The zero-order valence-corrected chi connectivity index (χ0v) is 10.7. The third-order valence-corrected chi connectivity index (χ3v) is 3.36. The maximum Gasteiger partial charge on any atom is 0.222 e. The molecule has 1 aromatic rings. The van der Waals surface area contributed by atoms with Gasteiger partial charge in [0, 0.05) is 19.6 Å². The van der Waals surface area contributed by atoms with Crippen molar-refractivity contribution in [3.63, 3.8) is 0 Å². The van der Waals surface area contributed by atoms with Crippen molar-refractivity contribution in [1.82, 2.24) is 5.32 Å². The van der Waals surface area contributed by atoms with Gasteiger partial charge in [-0.05, 0) is 31.2 Å². The Hall–Kier alpha value is -1.69. The quantitative estimate of drug-likeness (QED) is 0.857. The van der Waals surface area contributed by atoms with E-state index in [4.69, 9.17) is 5.73 Å². The second kappa shape index (κ2) is 5.52. The Labute approximate surface area is 110 Å². The molecule has 2 rings (SSSR count). The first kappa shape index (κ1) is 13.7. The third-order valence-electron chi connectivity index (χ3n) is 3.36. The van der Waals surface area contributed by atoms with E-state index in [-0.39, 0.29) is 18.2 Å². The lowest BCUT2D eigenvalue weighted by atomic mass is 10.1. The molecule has 1 atom stereocenters. The summed E-state index contributed by atoms with van der Waals surface area (Å²) in [5.41, 5.74) is 5.70. The van der Waals surface area contributed by atoms with Crippen LogP contribution in [0.1, 0.15) is 12.0 Å². The van der Waals surface area contributed by atoms with Gasteiger partial charge in [0.15, 0.2) is 0 Å². The number of nitrogens with zero attached hydrogens (tertiary/aromatic N) is 1. The minimum Gasteiger partial charge on any atom is -0.369 e. The number of carbonyl (C=O) groups excluding carboxylic acids is 1. The molecule has 0 aliphatic carbocycles. The van der Waals surface area contributed by atoms with Crippen LogP contribution < -0.4 is 16.0 Å². The number of nitrogens with one attached hydrogen (secondary N) is 1. The Bertz CT molecular complexity index is 470. The number of nitrogens with two attached hydrogens (primary N) is 1. The highest BCUT2D eigenvalue weighted by Gasteiger charge is 2.30. The lowest BCUT2D eigenvalue weighted by Crippen LogP contribution is -2.28. The van der Waals surface area contributed by atoms with Crippen molar-refractivity contribution in [2.45, 2.75) is 13.0 Å². The van der Waals surface area contributed by atoms with Gasteiger partial charge in [-0.2, -0.15) is 0 Å². The summed E-state index contributed by atoms with van der Waals surface area (Å²) in [6, 6.07) is 2.62. The number of hydrogen-bond donors (Lipinski definition) is 2. The Morgan fingerprint density at radius 1 is 1.47 bits per heavy atom. The van der Waals surface area contributed by atoms with E-state index in [0.717, 1.165) is 0 Å². The van der Waals surface area contributed by atoms with Crippen molar-refractivity contribution >= 4 is 11.6 Å². The SMILES string of the molecule is CNCc1cc(F)c(N2CCC(C(N)=O)C2)c(F)c1. The van der Waals surface area contributed by atoms with Crippen LogP contribution in [0, 0.1) is 17.6 Å². The summed E-state index contributed by atoms with van der Waals surface area (Å²) >= 11 is 0. The van der Waals surface area contributed by atoms with Gasteiger partial charge in [-0.15, -0.1) is 0 Å². The van der Waals surface area contributed by atoms with Crippen LogP contribution in [0.15, 0.2) is 12.1 Å².